The van der Waals surface area contributed by atoms with Crippen molar-refractivity contribution in [3.8, 4) is 17.1 Å². The van der Waals surface area contributed by atoms with Gasteiger partial charge in [0.25, 0.3) is 0 Å². The van der Waals surface area contributed by atoms with E-state index in [4.69, 9.17) is 9.26 Å². The molecule has 0 saturated carbocycles. The SMILES string of the molecule is CO[P+](=O)c1ccc2[nH]nc(-c3cc4cc(OCCN5CCCCC5)ccc4[nH]3)c2c1. The minimum atomic E-state index is -1.87. The molecule has 1 fully saturated rings. The third-order valence-corrected chi connectivity index (χ3v) is 6.93. The van der Waals surface area contributed by atoms with Crippen molar-refractivity contribution in [1.82, 2.24) is 20.1 Å². The highest BCUT2D eigenvalue weighted by molar-refractivity contribution is 7.48. The summed E-state index contributed by atoms with van der Waals surface area (Å²) in [4.78, 5) is 5.91. The quantitative estimate of drug-likeness (QED) is 0.413. The summed E-state index contributed by atoms with van der Waals surface area (Å²) in [5.74, 6) is 0.876. The van der Waals surface area contributed by atoms with Gasteiger partial charge in [0.2, 0.25) is 5.30 Å². The van der Waals surface area contributed by atoms with E-state index >= 15 is 0 Å². The fourth-order valence-electron chi connectivity index (χ4n) is 4.23. The van der Waals surface area contributed by atoms with Gasteiger partial charge in [-0.3, -0.25) is 10.00 Å². The number of hydrogen-bond acceptors (Lipinski definition) is 5. The van der Waals surface area contributed by atoms with Crippen molar-refractivity contribution >= 4 is 35.1 Å². The van der Waals surface area contributed by atoms with Gasteiger partial charge >= 0.3 is 8.03 Å². The van der Waals surface area contributed by atoms with Crippen LogP contribution in [0, 0.1) is 0 Å². The second-order valence-electron chi connectivity index (χ2n) is 7.92. The molecule has 1 saturated heterocycles. The zero-order valence-electron chi connectivity index (χ0n) is 17.6. The first-order valence-corrected chi connectivity index (χ1v) is 11.9. The van der Waals surface area contributed by atoms with Crippen molar-refractivity contribution in [2.75, 3.05) is 33.4 Å². The number of aromatic nitrogens is 3. The smallest absolute Gasteiger partial charge is 0.492 e. The first kappa shape index (κ1) is 20.2. The molecule has 2 N–H and O–H groups in total. The molecule has 4 aromatic rings. The van der Waals surface area contributed by atoms with Crippen molar-refractivity contribution in [2.45, 2.75) is 19.3 Å². The van der Waals surface area contributed by atoms with Crippen molar-refractivity contribution in [2.24, 2.45) is 0 Å². The number of likely N-dealkylation sites (tertiary alicyclic amines) is 1. The summed E-state index contributed by atoms with van der Waals surface area (Å²) in [6.45, 7) is 4.04. The van der Waals surface area contributed by atoms with Crippen LogP contribution in [-0.4, -0.2) is 53.4 Å². The molecule has 0 bridgehead atoms. The van der Waals surface area contributed by atoms with E-state index in [0.717, 1.165) is 45.5 Å². The molecule has 0 radical (unpaired) electrons. The van der Waals surface area contributed by atoms with Gasteiger partial charge in [-0.15, -0.1) is 4.52 Å². The Morgan fingerprint density at radius 2 is 1.90 bits per heavy atom. The summed E-state index contributed by atoms with van der Waals surface area (Å²) in [5, 5.41) is 10.2. The molecule has 1 aliphatic heterocycles. The Kier molecular flexibility index (Phi) is 5.72. The predicted molar refractivity (Wildman–Crippen MR) is 123 cm³/mol. The Morgan fingerprint density at radius 1 is 1.06 bits per heavy atom. The van der Waals surface area contributed by atoms with Crippen LogP contribution in [0.1, 0.15) is 19.3 Å². The first-order valence-electron chi connectivity index (χ1n) is 10.7. The van der Waals surface area contributed by atoms with Crippen molar-refractivity contribution < 1.29 is 13.8 Å². The third-order valence-electron chi connectivity index (χ3n) is 5.90. The van der Waals surface area contributed by atoms with Crippen LogP contribution in [0.2, 0.25) is 0 Å². The topological polar surface area (TPSA) is 83.2 Å². The van der Waals surface area contributed by atoms with Gasteiger partial charge in [0.05, 0.1) is 18.3 Å². The average molecular weight is 437 g/mol. The number of fused-ring (bicyclic) bond motifs is 2. The van der Waals surface area contributed by atoms with Crippen LogP contribution < -0.4 is 10.0 Å². The molecule has 0 aliphatic carbocycles. The van der Waals surface area contributed by atoms with Crippen LogP contribution in [0.15, 0.2) is 42.5 Å². The van der Waals surface area contributed by atoms with Crippen molar-refractivity contribution in [1.29, 1.82) is 0 Å². The lowest BCUT2D eigenvalue weighted by Gasteiger charge is -2.26. The molecule has 3 heterocycles. The van der Waals surface area contributed by atoms with Crippen LogP contribution in [0.4, 0.5) is 0 Å². The van der Waals surface area contributed by atoms with Gasteiger partial charge < -0.3 is 9.72 Å². The second-order valence-corrected chi connectivity index (χ2v) is 9.32. The molecule has 5 rings (SSSR count). The van der Waals surface area contributed by atoms with Crippen LogP contribution >= 0.6 is 8.03 Å². The number of H-pyrrole nitrogens is 2. The van der Waals surface area contributed by atoms with E-state index in [0.29, 0.717) is 11.9 Å². The Bertz CT molecular complexity index is 1230. The molecule has 0 amide bonds. The van der Waals surface area contributed by atoms with Crippen molar-refractivity contribution in [3.63, 3.8) is 0 Å². The Morgan fingerprint density at radius 3 is 2.74 bits per heavy atom. The second kappa shape index (κ2) is 8.79. The standard InChI is InChI=1S/C23H26N4O3P/c1-29-31(28)18-6-8-21-19(15-18)23(26-25-21)22-14-16-13-17(5-7-20(16)24-22)30-12-11-27-9-3-2-4-10-27/h5-8,13-15,24H,2-4,9-12H2,1H3,(H,25,26)/q+1. The summed E-state index contributed by atoms with van der Waals surface area (Å²) in [6, 6.07) is 13.7. The number of rotatable bonds is 7. The molecule has 160 valence electrons. The molecule has 7 nitrogen and oxygen atoms in total. The number of nitrogens with one attached hydrogen (secondary N) is 2. The van der Waals surface area contributed by atoms with Crippen LogP contribution in [0.5, 0.6) is 5.75 Å². The van der Waals surface area contributed by atoms with Crippen LogP contribution in [-0.2, 0) is 9.09 Å². The summed E-state index contributed by atoms with van der Waals surface area (Å²) in [7, 11) is -0.418. The zero-order chi connectivity index (χ0) is 21.2. The summed E-state index contributed by atoms with van der Waals surface area (Å²) < 4.78 is 23.1. The molecule has 8 heteroatoms. The van der Waals surface area contributed by atoms with Crippen molar-refractivity contribution in [3.05, 3.63) is 42.5 Å². The molecule has 0 spiro atoms. The minimum Gasteiger partial charge on any atom is -0.492 e. The number of hydrogen-bond donors (Lipinski definition) is 2. The largest absolute Gasteiger partial charge is 0.548 e. The highest BCUT2D eigenvalue weighted by atomic mass is 31.1. The minimum absolute atomic E-state index is 0.646. The zero-order valence-corrected chi connectivity index (χ0v) is 18.5. The Hall–Kier alpha value is -2.73. The van der Waals surface area contributed by atoms with Gasteiger partial charge in [0, 0.05) is 28.9 Å². The molecule has 1 atom stereocenters. The normalized spacial score (nSPS) is 15.6. The van der Waals surface area contributed by atoms with E-state index in [1.54, 1.807) is 6.07 Å². The third kappa shape index (κ3) is 4.22. The fraction of sp³-hybridized carbons (Fsp3) is 0.348. The Labute approximate surface area is 181 Å². The number of nitrogens with zero attached hydrogens (tertiary/aromatic N) is 2. The number of aromatic amines is 2. The van der Waals surface area contributed by atoms with Crippen LogP contribution in [0.3, 0.4) is 0 Å². The van der Waals surface area contributed by atoms with Gasteiger partial charge in [0.1, 0.15) is 18.1 Å². The molecule has 1 unspecified atom stereocenters. The van der Waals surface area contributed by atoms with E-state index in [2.05, 4.69) is 32.2 Å². The molecule has 1 aliphatic rings. The number of piperidine rings is 1. The molecule has 2 aromatic carbocycles. The van der Waals surface area contributed by atoms with Gasteiger partial charge in [0.15, 0.2) is 0 Å². The monoisotopic (exact) mass is 437 g/mol. The van der Waals surface area contributed by atoms with E-state index in [-0.39, 0.29) is 0 Å². The lowest BCUT2D eigenvalue weighted by molar-refractivity contribution is 0.183. The van der Waals surface area contributed by atoms with Gasteiger partial charge in [-0.25, -0.2) is 0 Å². The summed E-state index contributed by atoms with van der Waals surface area (Å²) in [5.41, 5.74) is 3.60. The van der Waals surface area contributed by atoms with Gasteiger partial charge in [-0.2, -0.15) is 5.10 Å². The first-order chi connectivity index (χ1) is 15.2. The summed E-state index contributed by atoms with van der Waals surface area (Å²) >= 11 is 0. The fourth-order valence-corrected chi connectivity index (χ4v) is 4.87. The highest BCUT2D eigenvalue weighted by Gasteiger charge is 2.22. The van der Waals surface area contributed by atoms with E-state index in [1.807, 2.05) is 24.3 Å². The average Bonchev–Trinajstić information content (AvgIpc) is 3.42. The maximum atomic E-state index is 12.1. The number of ether oxygens (including phenoxy) is 1. The molecular formula is C23H26N4O3P+. The maximum Gasteiger partial charge on any atom is 0.548 e. The Balaban J connectivity index is 1.36. The van der Waals surface area contributed by atoms with E-state index < -0.39 is 8.03 Å². The lowest BCUT2D eigenvalue weighted by Crippen LogP contribution is -2.33. The van der Waals surface area contributed by atoms with E-state index in [9.17, 15) is 4.57 Å². The van der Waals surface area contributed by atoms with E-state index in [1.165, 1.54) is 39.5 Å². The molecular weight excluding hydrogens is 411 g/mol. The molecule has 2 aromatic heterocycles. The number of benzene rings is 2. The lowest BCUT2D eigenvalue weighted by atomic mass is 10.1. The maximum absolute atomic E-state index is 12.1. The summed E-state index contributed by atoms with van der Waals surface area (Å²) in [6.07, 6.45) is 3.94. The van der Waals surface area contributed by atoms with Gasteiger partial charge in [-0.1, -0.05) is 6.42 Å². The molecule has 31 heavy (non-hydrogen) atoms. The highest BCUT2D eigenvalue weighted by Crippen LogP contribution is 2.31. The predicted octanol–water partition coefficient (Wildman–Crippen LogP) is 4.59. The van der Waals surface area contributed by atoms with Gasteiger partial charge in [-0.05, 0) is 66.9 Å². The van der Waals surface area contributed by atoms with Crippen LogP contribution in [0.25, 0.3) is 33.2 Å².